The average Bonchev–Trinajstić information content (AvgIpc) is 3.68. The van der Waals surface area contributed by atoms with Crippen molar-refractivity contribution in [3.63, 3.8) is 0 Å². The van der Waals surface area contributed by atoms with E-state index in [0.29, 0.717) is 0 Å². The van der Waals surface area contributed by atoms with E-state index in [4.69, 9.17) is 0 Å². The van der Waals surface area contributed by atoms with Crippen LogP contribution in [0.2, 0.25) is 0 Å². The summed E-state index contributed by atoms with van der Waals surface area (Å²) in [5.41, 5.74) is 16.1. The monoisotopic (exact) mass is 655 g/mol. The molecule has 7 aromatic carbocycles. The topological polar surface area (TPSA) is 13.1 Å². The van der Waals surface area contributed by atoms with Crippen molar-refractivity contribution in [3.8, 4) is 11.4 Å². The van der Waals surface area contributed by atoms with E-state index in [-0.39, 0.29) is 10.8 Å². The molecule has 0 radical (unpaired) electrons. The number of hydrogen-bond donors (Lipinski definition) is 0. The molecule has 0 saturated heterocycles. The van der Waals surface area contributed by atoms with E-state index >= 15 is 0 Å². The highest BCUT2D eigenvalue weighted by molar-refractivity contribution is 6.12. The van der Waals surface area contributed by atoms with Gasteiger partial charge in [-0.3, -0.25) is 0 Å². The standard InChI is InChI=1S/C48H37N3/c1-47(2)37-20-12-18-35-33-16-8-10-22-41(33)50(45(35)37)43-26-24-31(28-39(43)47)49(30-14-6-5-7-15-30)32-25-27-44-40(29-32)48(3,4)38-21-13-19-36-34-17-9-11-23-42(34)51(44)46(36)38/h5-29H,1-4H3. The van der Waals surface area contributed by atoms with Crippen molar-refractivity contribution in [1.82, 2.24) is 9.13 Å². The van der Waals surface area contributed by atoms with E-state index in [1.54, 1.807) is 0 Å². The molecule has 0 saturated carbocycles. The van der Waals surface area contributed by atoms with Crippen LogP contribution in [0.5, 0.6) is 0 Å². The molecule has 0 atom stereocenters. The van der Waals surface area contributed by atoms with E-state index in [0.717, 1.165) is 17.1 Å². The van der Waals surface area contributed by atoms with Crippen LogP contribution >= 0.6 is 0 Å². The van der Waals surface area contributed by atoms with E-state index in [2.05, 4.69) is 193 Å². The van der Waals surface area contributed by atoms with E-state index in [1.165, 1.54) is 77.2 Å². The first-order valence-corrected chi connectivity index (χ1v) is 18.0. The van der Waals surface area contributed by atoms with Crippen molar-refractivity contribution in [3.05, 3.63) is 174 Å². The molecule has 4 heterocycles. The third-order valence-corrected chi connectivity index (χ3v) is 12.1. The number of hydrogen-bond acceptors (Lipinski definition) is 1. The molecule has 0 unspecified atom stereocenters. The van der Waals surface area contributed by atoms with Crippen molar-refractivity contribution in [2.45, 2.75) is 38.5 Å². The lowest BCUT2D eigenvalue weighted by molar-refractivity contribution is 0.629. The molecule has 244 valence electrons. The van der Waals surface area contributed by atoms with Gasteiger partial charge in [0, 0.05) is 49.4 Å². The molecule has 0 bridgehead atoms. The molecule has 0 fully saturated rings. The van der Waals surface area contributed by atoms with E-state index in [9.17, 15) is 0 Å². The molecule has 0 aliphatic carbocycles. The fourth-order valence-corrected chi connectivity index (χ4v) is 9.58. The van der Waals surface area contributed by atoms with Crippen LogP contribution in [0.3, 0.4) is 0 Å². The normalized spacial score (nSPS) is 15.0. The van der Waals surface area contributed by atoms with Crippen LogP contribution in [0.1, 0.15) is 49.9 Å². The summed E-state index contributed by atoms with van der Waals surface area (Å²) < 4.78 is 5.00. The van der Waals surface area contributed by atoms with Crippen LogP contribution in [0.25, 0.3) is 55.0 Å². The van der Waals surface area contributed by atoms with Gasteiger partial charge in [0.25, 0.3) is 0 Å². The Kier molecular flexibility index (Phi) is 5.52. The summed E-state index contributed by atoms with van der Waals surface area (Å²) in [4.78, 5) is 2.44. The molecule has 51 heavy (non-hydrogen) atoms. The van der Waals surface area contributed by atoms with E-state index < -0.39 is 0 Å². The lowest BCUT2D eigenvalue weighted by Gasteiger charge is -2.37. The number of fused-ring (bicyclic) bond motifs is 10. The van der Waals surface area contributed by atoms with Gasteiger partial charge in [-0.05, 0) is 82.9 Å². The van der Waals surface area contributed by atoms with Crippen LogP contribution in [0, 0.1) is 0 Å². The minimum absolute atomic E-state index is 0.194. The number of aromatic nitrogens is 2. The molecule has 2 aromatic heterocycles. The number of rotatable bonds is 3. The van der Waals surface area contributed by atoms with Gasteiger partial charge in [-0.15, -0.1) is 0 Å². The molecule has 3 nitrogen and oxygen atoms in total. The molecule has 0 spiro atoms. The molecule has 0 N–H and O–H groups in total. The first-order chi connectivity index (χ1) is 24.8. The third-order valence-electron chi connectivity index (χ3n) is 12.1. The second kappa shape index (κ2) is 9.80. The van der Waals surface area contributed by atoms with Crippen molar-refractivity contribution >= 4 is 60.7 Å². The summed E-state index contributed by atoms with van der Waals surface area (Å²) in [7, 11) is 0. The zero-order chi connectivity index (χ0) is 34.2. The number of benzene rings is 7. The molecule has 0 amide bonds. The van der Waals surface area contributed by atoms with Crippen LogP contribution < -0.4 is 4.90 Å². The van der Waals surface area contributed by atoms with Crippen molar-refractivity contribution < 1.29 is 0 Å². The first kappa shape index (κ1) is 28.7. The van der Waals surface area contributed by atoms with Crippen molar-refractivity contribution in [1.29, 1.82) is 0 Å². The average molecular weight is 656 g/mol. The van der Waals surface area contributed by atoms with Gasteiger partial charge < -0.3 is 14.0 Å². The minimum Gasteiger partial charge on any atom is -0.310 e. The Labute approximate surface area is 297 Å². The highest BCUT2D eigenvalue weighted by Crippen LogP contribution is 2.51. The summed E-state index contributed by atoms with van der Waals surface area (Å²) in [5.74, 6) is 0. The lowest BCUT2D eigenvalue weighted by atomic mass is 9.74. The Morgan fingerprint density at radius 1 is 0.373 bits per heavy atom. The van der Waals surface area contributed by atoms with E-state index in [1.807, 2.05) is 0 Å². The maximum atomic E-state index is 2.50. The Morgan fingerprint density at radius 3 is 1.29 bits per heavy atom. The summed E-state index contributed by atoms with van der Waals surface area (Å²) in [5, 5.41) is 5.25. The van der Waals surface area contributed by atoms with Crippen LogP contribution in [0.15, 0.2) is 152 Å². The Morgan fingerprint density at radius 2 is 0.804 bits per heavy atom. The summed E-state index contributed by atoms with van der Waals surface area (Å²) in [6, 6.07) is 56.4. The molecule has 11 rings (SSSR count). The van der Waals surface area contributed by atoms with Gasteiger partial charge in [-0.2, -0.15) is 0 Å². The minimum atomic E-state index is -0.194. The summed E-state index contributed by atoms with van der Waals surface area (Å²) in [6.07, 6.45) is 0. The summed E-state index contributed by atoms with van der Waals surface area (Å²) in [6.45, 7) is 9.55. The van der Waals surface area contributed by atoms with Crippen molar-refractivity contribution in [2.75, 3.05) is 4.90 Å². The number of para-hydroxylation sites is 5. The van der Waals surface area contributed by atoms with Gasteiger partial charge in [0.2, 0.25) is 0 Å². The SMILES string of the molecule is CC1(C)c2cc(N(c3ccccc3)c3ccc4c(c3)C(C)(C)c3cccc5c6ccccc6n-4c35)ccc2-n2c3ccccc3c3cccc1c32. The van der Waals surface area contributed by atoms with Crippen LogP contribution in [-0.2, 0) is 10.8 Å². The maximum Gasteiger partial charge on any atom is 0.0582 e. The highest BCUT2D eigenvalue weighted by atomic mass is 15.1. The zero-order valence-electron chi connectivity index (χ0n) is 29.3. The van der Waals surface area contributed by atoms with Gasteiger partial charge >= 0.3 is 0 Å². The van der Waals surface area contributed by atoms with Gasteiger partial charge in [-0.1, -0.05) is 119 Å². The second-order valence-electron chi connectivity index (χ2n) is 15.4. The third kappa shape index (κ3) is 3.63. The predicted molar refractivity (Wildman–Crippen MR) is 214 cm³/mol. The Balaban J connectivity index is 1.15. The molecule has 9 aromatic rings. The molecule has 3 heteroatoms. The van der Waals surface area contributed by atoms with Crippen LogP contribution in [-0.4, -0.2) is 9.13 Å². The number of anilines is 3. The summed E-state index contributed by atoms with van der Waals surface area (Å²) >= 11 is 0. The van der Waals surface area contributed by atoms with Crippen molar-refractivity contribution in [2.24, 2.45) is 0 Å². The largest absolute Gasteiger partial charge is 0.310 e. The Bertz CT molecular complexity index is 2740. The quantitative estimate of drug-likeness (QED) is 0.185. The molecular formula is C48H37N3. The molecular weight excluding hydrogens is 619 g/mol. The molecule has 2 aliphatic heterocycles. The fraction of sp³-hybridized carbons (Fsp3) is 0.125. The van der Waals surface area contributed by atoms with Gasteiger partial charge in [0.15, 0.2) is 0 Å². The van der Waals surface area contributed by atoms with Gasteiger partial charge in [0.05, 0.1) is 33.4 Å². The van der Waals surface area contributed by atoms with Crippen LogP contribution in [0.4, 0.5) is 17.1 Å². The number of nitrogens with zero attached hydrogens (tertiary/aromatic N) is 3. The lowest BCUT2D eigenvalue weighted by Crippen LogP contribution is -2.27. The maximum absolute atomic E-state index is 2.50. The van der Waals surface area contributed by atoms with Gasteiger partial charge in [-0.25, -0.2) is 0 Å². The highest BCUT2D eigenvalue weighted by Gasteiger charge is 2.37. The van der Waals surface area contributed by atoms with Gasteiger partial charge in [0.1, 0.15) is 0 Å². The predicted octanol–water partition coefficient (Wildman–Crippen LogP) is 12.6. The fourth-order valence-electron chi connectivity index (χ4n) is 9.58. The Hall–Kier alpha value is -6.06. The second-order valence-corrected chi connectivity index (χ2v) is 15.4. The smallest absolute Gasteiger partial charge is 0.0582 e. The first-order valence-electron chi connectivity index (χ1n) is 18.0. The molecule has 2 aliphatic rings. The zero-order valence-corrected chi connectivity index (χ0v) is 29.3.